The zero-order valence-corrected chi connectivity index (χ0v) is 3.64. The van der Waals surface area contributed by atoms with Gasteiger partial charge in [0.1, 0.15) is 0 Å². The Hall–Kier alpha value is 0.920. The first-order valence-electron chi connectivity index (χ1n) is 2.24. The summed E-state index contributed by atoms with van der Waals surface area (Å²) in [6, 6.07) is 0. The topological polar surface area (TPSA) is 18.5 Å². The minimum absolute atomic E-state index is 0. The standard InChI is InChI=1S/C4H8O2.Na.H/c1-2-4-6-5-3-1;;/h1-4H2;;. The Balaban J connectivity index is 0.000000360. The summed E-state index contributed by atoms with van der Waals surface area (Å²) in [7, 11) is 0. The number of hydrogen-bond acceptors (Lipinski definition) is 2. The summed E-state index contributed by atoms with van der Waals surface area (Å²) in [4.78, 5) is 9.14. The van der Waals surface area contributed by atoms with E-state index in [4.69, 9.17) is 0 Å². The van der Waals surface area contributed by atoms with Crippen molar-refractivity contribution < 1.29 is 9.78 Å². The molecule has 2 nitrogen and oxygen atoms in total. The maximum atomic E-state index is 4.57. The second-order valence-electron chi connectivity index (χ2n) is 1.35. The van der Waals surface area contributed by atoms with Gasteiger partial charge in [-0.25, -0.2) is 9.78 Å². The molecular weight excluding hydrogens is 103 g/mol. The molecule has 38 valence electrons. The van der Waals surface area contributed by atoms with Crippen LogP contribution in [0.2, 0.25) is 0 Å². The van der Waals surface area contributed by atoms with Gasteiger partial charge in [-0.3, -0.25) is 0 Å². The minimum atomic E-state index is 0. The molecule has 0 saturated carbocycles. The van der Waals surface area contributed by atoms with E-state index in [1.807, 2.05) is 0 Å². The van der Waals surface area contributed by atoms with Crippen LogP contribution in [0.4, 0.5) is 0 Å². The van der Waals surface area contributed by atoms with Crippen LogP contribution in [0.1, 0.15) is 12.8 Å². The molecule has 0 N–H and O–H groups in total. The summed E-state index contributed by atoms with van der Waals surface area (Å²) in [5, 5.41) is 0. The molecule has 1 rings (SSSR count). The molecular formula is C4H9NaO2. The van der Waals surface area contributed by atoms with Crippen LogP contribution in [0.15, 0.2) is 0 Å². The van der Waals surface area contributed by atoms with E-state index < -0.39 is 0 Å². The van der Waals surface area contributed by atoms with Crippen LogP contribution in [0.5, 0.6) is 0 Å². The third-order valence-corrected chi connectivity index (χ3v) is 0.789. The summed E-state index contributed by atoms with van der Waals surface area (Å²) >= 11 is 0. The fourth-order valence-electron chi connectivity index (χ4n) is 0.440. The molecule has 0 aromatic heterocycles. The van der Waals surface area contributed by atoms with Gasteiger partial charge in [-0.1, -0.05) is 0 Å². The Bertz CT molecular complexity index is 25.2. The Morgan fingerprint density at radius 2 is 1.29 bits per heavy atom. The van der Waals surface area contributed by atoms with Gasteiger partial charge in [-0.2, -0.15) is 0 Å². The molecule has 0 unspecified atom stereocenters. The van der Waals surface area contributed by atoms with Gasteiger partial charge in [0.15, 0.2) is 0 Å². The maximum absolute atomic E-state index is 4.57. The molecule has 0 aliphatic carbocycles. The summed E-state index contributed by atoms with van der Waals surface area (Å²) in [6.07, 6.45) is 2.31. The molecule has 0 atom stereocenters. The molecule has 0 spiro atoms. The normalized spacial score (nSPS) is 20.6. The molecule has 1 heterocycles. The van der Waals surface area contributed by atoms with Crippen molar-refractivity contribution in [2.45, 2.75) is 12.8 Å². The van der Waals surface area contributed by atoms with Crippen LogP contribution in [0.25, 0.3) is 0 Å². The summed E-state index contributed by atoms with van der Waals surface area (Å²) < 4.78 is 0. The van der Waals surface area contributed by atoms with Crippen molar-refractivity contribution in [2.75, 3.05) is 13.2 Å². The van der Waals surface area contributed by atoms with Crippen LogP contribution in [0.3, 0.4) is 0 Å². The van der Waals surface area contributed by atoms with Crippen molar-refractivity contribution >= 4 is 29.6 Å². The Morgan fingerprint density at radius 1 is 0.857 bits per heavy atom. The molecule has 0 amide bonds. The van der Waals surface area contributed by atoms with Crippen LogP contribution in [-0.4, -0.2) is 42.8 Å². The van der Waals surface area contributed by atoms with E-state index in [1.165, 1.54) is 0 Å². The number of hydrogen-bond donors (Lipinski definition) is 0. The van der Waals surface area contributed by atoms with Crippen LogP contribution in [0, 0.1) is 0 Å². The van der Waals surface area contributed by atoms with Crippen molar-refractivity contribution in [3.63, 3.8) is 0 Å². The predicted molar refractivity (Wildman–Crippen MR) is 28.3 cm³/mol. The van der Waals surface area contributed by atoms with E-state index >= 15 is 0 Å². The van der Waals surface area contributed by atoms with Gasteiger partial charge in [0.05, 0.1) is 13.2 Å². The van der Waals surface area contributed by atoms with Crippen molar-refractivity contribution in [1.82, 2.24) is 0 Å². The SMILES string of the molecule is C1CCOOC1.[NaH]. The van der Waals surface area contributed by atoms with Crippen molar-refractivity contribution in [3.8, 4) is 0 Å². The first kappa shape index (κ1) is 7.92. The molecule has 7 heavy (non-hydrogen) atoms. The zero-order valence-electron chi connectivity index (χ0n) is 3.64. The van der Waals surface area contributed by atoms with Gasteiger partial charge in [0, 0.05) is 0 Å². The second-order valence-corrected chi connectivity index (χ2v) is 1.35. The molecule has 1 aliphatic rings. The average molecular weight is 112 g/mol. The van der Waals surface area contributed by atoms with Crippen molar-refractivity contribution in [1.29, 1.82) is 0 Å². The number of rotatable bonds is 0. The molecule has 0 aromatic rings. The van der Waals surface area contributed by atoms with Gasteiger partial charge in [-0.05, 0) is 12.8 Å². The molecule has 0 aromatic carbocycles. The van der Waals surface area contributed by atoms with E-state index in [9.17, 15) is 0 Å². The Morgan fingerprint density at radius 3 is 1.43 bits per heavy atom. The second kappa shape index (κ2) is 5.06. The van der Waals surface area contributed by atoms with E-state index in [0.717, 1.165) is 26.1 Å². The van der Waals surface area contributed by atoms with Crippen LogP contribution in [-0.2, 0) is 9.78 Å². The van der Waals surface area contributed by atoms with Gasteiger partial charge >= 0.3 is 29.6 Å². The van der Waals surface area contributed by atoms with Crippen LogP contribution < -0.4 is 0 Å². The van der Waals surface area contributed by atoms with Gasteiger partial charge < -0.3 is 0 Å². The van der Waals surface area contributed by atoms with E-state index in [0.29, 0.717) is 0 Å². The Labute approximate surface area is 65.4 Å². The predicted octanol–water partition coefficient (Wildman–Crippen LogP) is 0.0799. The quantitative estimate of drug-likeness (QED) is 0.326. The summed E-state index contributed by atoms with van der Waals surface area (Å²) in [6.45, 7) is 1.56. The van der Waals surface area contributed by atoms with Gasteiger partial charge in [-0.15, -0.1) is 0 Å². The van der Waals surface area contributed by atoms with E-state index in [1.54, 1.807) is 0 Å². The van der Waals surface area contributed by atoms with Gasteiger partial charge in [0.2, 0.25) is 0 Å². The first-order chi connectivity index (χ1) is 3.00. The van der Waals surface area contributed by atoms with Crippen molar-refractivity contribution in [2.24, 2.45) is 0 Å². The first-order valence-corrected chi connectivity index (χ1v) is 2.24. The molecule has 0 radical (unpaired) electrons. The zero-order chi connectivity index (χ0) is 4.24. The third-order valence-electron chi connectivity index (χ3n) is 0.789. The fourth-order valence-corrected chi connectivity index (χ4v) is 0.440. The molecule has 1 saturated heterocycles. The molecule has 3 heteroatoms. The monoisotopic (exact) mass is 112 g/mol. The van der Waals surface area contributed by atoms with Crippen LogP contribution >= 0.6 is 0 Å². The molecule has 1 aliphatic heterocycles. The summed E-state index contributed by atoms with van der Waals surface area (Å²) in [5.41, 5.74) is 0. The third kappa shape index (κ3) is 3.50. The fraction of sp³-hybridized carbons (Fsp3) is 1.00. The van der Waals surface area contributed by atoms with Gasteiger partial charge in [0.25, 0.3) is 0 Å². The molecule has 1 fully saturated rings. The van der Waals surface area contributed by atoms with E-state index in [-0.39, 0.29) is 29.6 Å². The molecule has 0 bridgehead atoms. The average Bonchev–Trinajstić information content (AvgIpc) is 1.72. The van der Waals surface area contributed by atoms with Crippen molar-refractivity contribution in [3.05, 3.63) is 0 Å². The van der Waals surface area contributed by atoms with E-state index in [2.05, 4.69) is 9.78 Å². The summed E-state index contributed by atoms with van der Waals surface area (Å²) in [5.74, 6) is 0. The Kier molecular flexibility index (Phi) is 5.73.